The highest BCUT2D eigenvalue weighted by Gasteiger charge is 2.34. The van der Waals surface area contributed by atoms with E-state index in [4.69, 9.17) is 0 Å². The number of alkyl halides is 3. The molecule has 0 bridgehead atoms. The van der Waals surface area contributed by atoms with Crippen LogP contribution in [0.4, 0.5) is 17.6 Å². The van der Waals surface area contributed by atoms with Gasteiger partial charge < -0.3 is 0 Å². The Morgan fingerprint density at radius 1 is 1.21 bits per heavy atom. The molecule has 0 radical (unpaired) electrons. The van der Waals surface area contributed by atoms with Gasteiger partial charge in [-0.1, -0.05) is 6.07 Å². The van der Waals surface area contributed by atoms with Crippen LogP contribution in [0.15, 0.2) is 18.2 Å². The molecule has 0 atom stereocenters. The van der Waals surface area contributed by atoms with Gasteiger partial charge in [0.1, 0.15) is 5.82 Å². The Morgan fingerprint density at radius 3 is 2.42 bits per heavy atom. The summed E-state index contributed by atoms with van der Waals surface area (Å²) in [5.74, 6) is 0.0567. The molecule has 106 valence electrons. The zero-order valence-corrected chi connectivity index (χ0v) is 10.9. The average molecular weight is 295 g/mol. The van der Waals surface area contributed by atoms with Gasteiger partial charge in [0.15, 0.2) is 0 Å². The van der Waals surface area contributed by atoms with E-state index in [1.165, 1.54) is 6.07 Å². The predicted octanol–water partition coefficient (Wildman–Crippen LogP) is 2.41. The first-order chi connectivity index (χ1) is 8.86. The van der Waals surface area contributed by atoms with Crippen molar-refractivity contribution in [1.82, 2.24) is 4.90 Å². The molecule has 7 heteroatoms. The SMILES string of the molecule is O=S1CCN(Cc2ccc(F)cc2C(F)(F)F)CC1. The fourth-order valence-corrected chi connectivity index (χ4v) is 3.15. The van der Waals surface area contributed by atoms with E-state index >= 15 is 0 Å². The summed E-state index contributed by atoms with van der Waals surface area (Å²) in [6, 6.07) is 2.73. The van der Waals surface area contributed by atoms with Crippen LogP contribution in [-0.4, -0.2) is 33.7 Å². The van der Waals surface area contributed by atoms with Crippen LogP contribution in [-0.2, 0) is 23.5 Å². The van der Waals surface area contributed by atoms with E-state index in [1.54, 1.807) is 0 Å². The monoisotopic (exact) mass is 295 g/mol. The Labute approximate surface area is 110 Å². The van der Waals surface area contributed by atoms with Gasteiger partial charge in [-0.25, -0.2) is 4.39 Å². The second-order valence-corrected chi connectivity index (χ2v) is 6.12. The minimum atomic E-state index is -4.56. The van der Waals surface area contributed by atoms with Gasteiger partial charge in [-0.05, 0) is 17.7 Å². The van der Waals surface area contributed by atoms with E-state index in [9.17, 15) is 21.8 Å². The van der Waals surface area contributed by atoms with E-state index in [-0.39, 0.29) is 12.1 Å². The number of hydrogen-bond acceptors (Lipinski definition) is 2. The molecule has 1 fully saturated rings. The van der Waals surface area contributed by atoms with Crippen molar-refractivity contribution in [3.8, 4) is 0 Å². The molecule has 2 nitrogen and oxygen atoms in total. The molecule has 1 aromatic rings. The molecule has 0 aliphatic carbocycles. The largest absolute Gasteiger partial charge is 0.416 e. The van der Waals surface area contributed by atoms with Gasteiger partial charge in [0.05, 0.1) is 5.56 Å². The van der Waals surface area contributed by atoms with Gasteiger partial charge in [0.2, 0.25) is 0 Å². The summed E-state index contributed by atoms with van der Waals surface area (Å²) in [6.45, 7) is 1.11. The van der Waals surface area contributed by atoms with Crippen LogP contribution in [0.5, 0.6) is 0 Å². The third kappa shape index (κ3) is 3.76. The smallest absolute Gasteiger partial charge is 0.297 e. The van der Waals surface area contributed by atoms with Crippen molar-refractivity contribution >= 4 is 10.8 Å². The van der Waals surface area contributed by atoms with Gasteiger partial charge in [-0.15, -0.1) is 0 Å². The lowest BCUT2D eigenvalue weighted by molar-refractivity contribution is -0.138. The molecule has 0 aromatic heterocycles. The van der Waals surface area contributed by atoms with Crippen molar-refractivity contribution in [2.24, 2.45) is 0 Å². The van der Waals surface area contributed by atoms with Gasteiger partial charge in [0.25, 0.3) is 0 Å². The molecule has 19 heavy (non-hydrogen) atoms. The first-order valence-corrected chi connectivity index (χ1v) is 7.28. The molecule has 1 saturated heterocycles. The van der Waals surface area contributed by atoms with Gasteiger partial charge in [-0.3, -0.25) is 9.11 Å². The Kier molecular flexibility index (Phi) is 4.25. The zero-order chi connectivity index (χ0) is 14.0. The van der Waals surface area contributed by atoms with Crippen molar-refractivity contribution in [3.05, 3.63) is 35.1 Å². The summed E-state index contributed by atoms with van der Waals surface area (Å²) in [7, 11) is -0.869. The highest BCUT2D eigenvalue weighted by atomic mass is 32.2. The fraction of sp³-hybridized carbons (Fsp3) is 0.500. The molecule has 1 aromatic carbocycles. The van der Waals surface area contributed by atoms with Crippen LogP contribution >= 0.6 is 0 Å². The lowest BCUT2D eigenvalue weighted by atomic mass is 10.1. The molecular weight excluding hydrogens is 282 g/mol. The second-order valence-electron chi connectivity index (χ2n) is 4.42. The van der Waals surface area contributed by atoms with Crippen molar-refractivity contribution in [1.29, 1.82) is 0 Å². The number of rotatable bonds is 2. The van der Waals surface area contributed by atoms with Crippen molar-refractivity contribution < 1.29 is 21.8 Å². The average Bonchev–Trinajstić information content (AvgIpc) is 2.33. The maximum Gasteiger partial charge on any atom is 0.416 e. The Morgan fingerprint density at radius 2 is 1.84 bits per heavy atom. The van der Waals surface area contributed by atoms with Crippen LogP contribution in [0.1, 0.15) is 11.1 Å². The highest BCUT2D eigenvalue weighted by Crippen LogP contribution is 2.33. The Hall–Kier alpha value is -0.950. The topological polar surface area (TPSA) is 20.3 Å². The molecule has 2 rings (SSSR count). The Balaban J connectivity index is 2.18. The summed E-state index contributed by atoms with van der Waals surface area (Å²) in [5, 5.41) is 0. The van der Waals surface area contributed by atoms with E-state index in [0.717, 1.165) is 6.07 Å². The second kappa shape index (κ2) is 5.58. The van der Waals surface area contributed by atoms with Crippen molar-refractivity contribution in [2.45, 2.75) is 12.7 Å². The zero-order valence-electron chi connectivity index (χ0n) is 10.0. The standard InChI is InChI=1S/C12H13F4NOS/c13-10-2-1-9(11(7-10)12(14,15)16)8-17-3-5-19(18)6-4-17/h1-2,7H,3-6,8H2. The summed E-state index contributed by atoms with van der Waals surface area (Å²) in [4.78, 5) is 1.81. The van der Waals surface area contributed by atoms with Crippen LogP contribution in [0.25, 0.3) is 0 Å². The van der Waals surface area contributed by atoms with E-state index in [1.807, 2.05) is 4.90 Å². The van der Waals surface area contributed by atoms with E-state index < -0.39 is 28.4 Å². The molecular formula is C12H13F4NOS. The Bertz CT molecular complexity index is 479. The summed E-state index contributed by atoms with van der Waals surface area (Å²) in [6.07, 6.45) is -4.56. The minimum Gasteiger partial charge on any atom is -0.297 e. The lowest BCUT2D eigenvalue weighted by Crippen LogP contribution is -2.37. The third-order valence-electron chi connectivity index (χ3n) is 3.04. The first kappa shape index (κ1) is 14.5. The van der Waals surface area contributed by atoms with E-state index in [0.29, 0.717) is 30.7 Å². The molecule has 0 saturated carbocycles. The minimum absolute atomic E-state index is 0.0570. The van der Waals surface area contributed by atoms with Crippen LogP contribution < -0.4 is 0 Å². The molecule has 0 amide bonds. The van der Waals surface area contributed by atoms with Gasteiger partial charge in [-0.2, -0.15) is 13.2 Å². The number of halogens is 4. The molecule has 1 aliphatic heterocycles. The number of hydrogen-bond donors (Lipinski definition) is 0. The molecule has 1 aliphatic rings. The fourth-order valence-electron chi connectivity index (χ4n) is 2.03. The first-order valence-electron chi connectivity index (χ1n) is 5.79. The van der Waals surface area contributed by atoms with Crippen molar-refractivity contribution in [3.63, 3.8) is 0 Å². The molecule has 0 N–H and O–H groups in total. The molecule has 0 spiro atoms. The van der Waals surface area contributed by atoms with Crippen LogP contribution in [0.3, 0.4) is 0 Å². The normalized spacial score (nSPS) is 18.7. The number of benzene rings is 1. The maximum absolute atomic E-state index is 13.0. The third-order valence-corrected chi connectivity index (χ3v) is 4.32. The van der Waals surface area contributed by atoms with Gasteiger partial charge >= 0.3 is 6.18 Å². The summed E-state index contributed by atoms with van der Waals surface area (Å²) >= 11 is 0. The maximum atomic E-state index is 13.0. The van der Waals surface area contributed by atoms with Crippen molar-refractivity contribution in [2.75, 3.05) is 24.6 Å². The van der Waals surface area contributed by atoms with Gasteiger partial charge in [0, 0.05) is 41.9 Å². The quantitative estimate of drug-likeness (QED) is 0.781. The van der Waals surface area contributed by atoms with E-state index in [2.05, 4.69) is 0 Å². The molecule has 1 heterocycles. The highest BCUT2D eigenvalue weighted by molar-refractivity contribution is 7.85. The summed E-state index contributed by atoms with van der Waals surface area (Å²) < 4.78 is 62.6. The summed E-state index contributed by atoms with van der Waals surface area (Å²) in [5.41, 5.74) is -0.874. The lowest BCUT2D eigenvalue weighted by Gasteiger charge is -2.27. The number of nitrogens with zero attached hydrogens (tertiary/aromatic N) is 1. The van der Waals surface area contributed by atoms with Crippen LogP contribution in [0, 0.1) is 5.82 Å². The predicted molar refractivity (Wildman–Crippen MR) is 64.6 cm³/mol. The van der Waals surface area contributed by atoms with Crippen LogP contribution in [0.2, 0.25) is 0 Å². The molecule has 0 unspecified atom stereocenters.